The number of aliphatic hydroxyl groups is 1. The molecule has 0 aromatic carbocycles. The van der Waals surface area contributed by atoms with Crippen molar-refractivity contribution < 1.29 is 24.8 Å². The molecular formula is C20H30O5. The van der Waals surface area contributed by atoms with Gasteiger partial charge in [0.15, 0.2) is 0 Å². The maximum Gasteiger partial charge on any atom is 0.334 e. The molecule has 1 saturated heterocycles. The Morgan fingerprint density at radius 2 is 1.92 bits per heavy atom. The van der Waals surface area contributed by atoms with E-state index in [0.717, 1.165) is 0 Å². The molecule has 25 heavy (non-hydrogen) atoms. The van der Waals surface area contributed by atoms with Crippen LogP contribution in [0.5, 0.6) is 0 Å². The summed E-state index contributed by atoms with van der Waals surface area (Å²) in [6.45, 7) is 7.52. The van der Waals surface area contributed by atoms with Gasteiger partial charge in [-0.2, -0.15) is 0 Å². The van der Waals surface area contributed by atoms with Gasteiger partial charge in [-0.05, 0) is 57.9 Å². The lowest BCUT2D eigenvalue weighted by Gasteiger charge is -2.39. The van der Waals surface area contributed by atoms with Crippen molar-refractivity contribution in [2.75, 3.05) is 0 Å². The zero-order valence-electron chi connectivity index (χ0n) is 15.6. The van der Waals surface area contributed by atoms with Gasteiger partial charge in [0.05, 0.1) is 5.60 Å². The van der Waals surface area contributed by atoms with E-state index < -0.39 is 16.8 Å². The molecule has 2 N–H and O–H groups in total. The highest BCUT2D eigenvalue weighted by Gasteiger charge is 2.40. The Balaban J connectivity index is 2.40. The van der Waals surface area contributed by atoms with Crippen molar-refractivity contribution in [1.29, 1.82) is 0 Å². The van der Waals surface area contributed by atoms with Crippen LogP contribution >= 0.6 is 0 Å². The number of rotatable bonds is 2. The van der Waals surface area contributed by atoms with Crippen LogP contribution in [0.25, 0.3) is 0 Å². The van der Waals surface area contributed by atoms with Crippen molar-refractivity contribution in [1.82, 2.24) is 0 Å². The number of esters is 1. The van der Waals surface area contributed by atoms with E-state index in [9.17, 15) is 15.2 Å². The van der Waals surface area contributed by atoms with Gasteiger partial charge < -0.3 is 9.84 Å². The van der Waals surface area contributed by atoms with Gasteiger partial charge in [0.25, 0.3) is 0 Å². The Morgan fingerprint density at radius 1 is 1.20 bits per heavy atom. The molecule has 0 unspecified atom stereocenters. The maximum atomic E-state index is 12.5. The summed E-state index contributed by atoms with van der Waals surface area (Å²) in [7, 11) is 0. The lowest BCUT2D eigenvalue weighted by molar-refractivity contribution is -0.303. The Kier molecular flexibility index (Phi) is 5.92. The van der Waals surface area contributed by atoms with Gasteiger partial charge in [-0.3, -0.25) is 5.26 Å². The maximum absolute atomic E-state index is 12.5. The summed E-state index contributed by atoms with van der Waals surface area (Å²) in [5.74, 6) is -0.192. The molecule has 2 heterocycles. The van der Waals surface area contributed by atoms with Gasteiger partial charge in [0.1, 0.15) is 11.2 Å². The fourth-order valence-electron chi connectivity index (χ4n) is 3.25. The predicted octanol–water partition coefficient (Wildman–Crippen LogP) is 3.94. The van der Waals surface area contributed by atoms with E-state index in [0.29, 0.717) is 37.7 Å². The van der Waals surface area contributed by atoms with Gasteiger partial charge in [-0.1, -0.05) is 38.2 Å². The number of hydrogen-bond acceptors (Lipinski definition) is 5. The molecule has 3 aliphatic rings. The second-order valence-electron chi connectivity index (χ2n) is 7.97. The van der Waals surface area contributed by atoms with Crippen LogP contribution in [0, 0.1) is 5.92 Å². The second-order valence-corrected chi connectivity index (χ2v) is 7.97. The Morgan fingerprint density at radius 3 is 2.52 bits per heavy atom. The molecule has 0 saturated carbocycles. The fraction of sp³-hybridized carbons (Fsp3) is 0.650. The first-order valence-electron chi connectivity index (χ1n) is 8.97. The highest BCUT2D eigenvalue weighted by molar-refractivity contribution is 5.89. The van der Waals surface area contributed by atoms with Gasteiger partial charge in [-0.15, -0.1) is 0 Å². The number of ether oxygens (including phenoxy) is 1. The van der Waals surface area contributed by atoms with Crippen molar-refractivity contribution >= 4 is 5.97 Å². The van der Waals surface area contributed by atoms with Crippen LogP contribution < -0.4 is 0 Å². The number of carbonyl (C=O) groups excluding carboxylic acids is 1. The molecule has 3 rings (SSSR count). The number of allylic oxidation sites excluding steroid dienone is 1. The lowest BCUT2D eigenvalue weighted by atomic mass is 9.80. The van der Waals surface area contributed by atoms with Crippen LogP contribution in [0.3, 0.4) is 0 Å². The first-order valence-corrected chi connectivity index (χ1v) is 8.97. The SMILES string of the molecule is CC(C)[C@]12/C=C\[C@@](C)(O)C/C=C\[C@](C)(OO)CC/C=C(/CC1)C(=O)O2. The molecule has 0 aromatic rings. The second kappa shape index (κ2) is 7.44. The molecule has 0 spiro atoms. The highest BCUT2D eigenvalue weighted by Crippen LogP contribution is 2.37. The zero-order chi connectivity index (χ0) is 18.7. The van der Waals surface area contributed by atoms with Gasteiger partial charge >= 0.3 is 5.97 Å². The van der Waals surface area contributed by atoms with Gasteiger partial charge in [0.2, 0.25) is 0 Å². The summed E-state index contributed by atoms with van der Waals surface area (Å²) in [5.41, 5.74) is -1.96. The number of hydrogen-bond donors (Lipinski definition) is 2. The standard InChI is InChI=1S/C20H30O5/c1-15(2)20-12-8-16(17(21)24-20)7-5-10-19(4,25-23)11-6-9-18(3,22)13-14-20/h6-7,11,13-15,22-23H,5,8-10,12H2,1-4H3/b11-6-,14-13-,16-7-/t18-,19+,20+/m0/s1. The van der Waals surface area contributed by atoms with Crippen LogP contribution in [0.2, 0.25) is 0 Å². The molecular weight excluding hydrogens is 320 g/mol. The van der Waals surface area contributed by atoms with E-state index in [2.05, 4.69) is 4.89 Å². The Bertz CT molecular complexity index is 587. The van der Waals surface area contributed by atoms with Crippen LogP contribution in [0.1, 0.15) is 59.8 Å². The molecule has 0 aromatic heterocycles. The molecule has 3 atom stereocenters. The van der Waals surface area contributed by atoms with E-state index in [4.69, 9.17) is 4.74 Å². The highest BCUT2D eigenvalue weighted by atomic mass is 17.1. The molecule has 140 valence electrons. The smallest absolute Gasteiger partial charge is 0.334 e. The van der Waals surface area contributed by atoms with Crippen molar-refractivity contribution in [3.8, 4) is 0 Å². The minimum Gasteiger partial charge on any atom is -0.451 e. The average Bonchev–Trinajstić information content (AvgIpc) is 2.54. The van der Waals surface area contributed by atoms with Crippen LogP contribution in [0.15, 0.2) is 36.0 Å². The normalized spacial score (nSPS) is 41.6. The van der Waals surface area contributed by atoms with E-state index >= 15 is 0 Å². The van der Waals surface area contributed by atoms with Crippen molar-refractivity contribution in [3.63, 3.8) is 0 Å². The minimum absolute atomic E-state index is 0.111. The molecule has 1 fully saturated rings. The third kappa shape index (κ3) is 4.81. The lowest BCUT2D eigenvalue weighted by Crippen LogP contribution is -2.43. The molecule has 0 amide bonds. The molecule has 1 aliphatic carbocycles. The molecule has 2 aliphatic heterocycles. The van der Waals surface area contributed by atoms with Crippen LogP contribution in [-0.4, -0.2) is 33.1 Å². The van der Waals surface area contributed by atoms with Crippen LogP contribution in [-0.2, 0) is 14.4 Å². The van der Waals surface area contributed by atoms with E-state index in [1.807, 2.05) is 32.1 Å². The average molecular weight is 350 g/mol. The first kappa shape index (κ1) is 19.9. The van der Waals surface area contributed by atoms with Gasteiger partial charge in [0, 0.05) is 5.57 Å². The van der Waals surface area contributed by atoms with Gasteiger partial charge in [-0.25, -0.2) is 9.68 Å². The van der Waals surface area contributed by atoms with Crippen molar-refractivity contribution in [3.05, 3.63) is 36.0 Å². The van der Waals surface area contributed by atoms with E-state index in [-0.39, 0.29) is 11.9 Å². The van der Waals surface area contributed by atoms with Crippen molar-refractivity contribution in [2.24, 2.45) is 5.92 Å². The van der Waals surface area contributed by atoms with E-state index in [1.165, 1.54) is 0 Å². The predicted molar refractivity (Wildman–Crippen MR) is 95.9 cm³/mol. The quantitative estimate of drug-likeness (QED) is 0.341. The monoisotopic (exact) mass is 350 g/mol. The summed E-state index contributed by atoms with van der Waals surface area (Å²) >= 11 is 0. The summed E-state index contributed by atoms with van der Waals surface area (Å²) in [6.07, 6.45) is 11.8. The molecule has 0 radical (unpaired) electrons. The summed E-state index contributed by atoms with van der Waals surface area (Å²) in [4.78, 5) is 17.1. The number of fused-ring (bicyclic) bond motifs is 9. The largest absolute Gasteiger partial charge is 0.451 e. The Hall–Kier alpha value is -1.43. The number of carbonyl (C=O) groups is 1. The third-order valence-electron chi connectivity index (χ3n) is 5.27. The molecule has 2 bridgehead atoms. The fourth-order valence-corrected chi connectivity index (χ4v) is 3.25. The Labute approximate surface area is 149 Å². The summed E-state index contributed by atoms with van der Waals surface area (Å²) < 4.78 is 5.81. The first-order chi connectivity index (χ1) is 11.6. The topological polar surface area (TPSA) is 76.0 Å². The third-order valence-corrected chi connectivity index (χ3v) is 5.27. The summed E-state index contributed by atoms with van der Waals surface area (Å²) in [5, 5.41) is 19.8. The summed E-state index contributed by atoms with van der Waals surface area (Å²) in [6, 6.07) is 0. The minimum atomic E-state index is -1.08. The molecule has 5 heteroatoms. The van der Waals surface area contributed by atoms with Crippen molar-refractivity contribution in [2.45, 2.75) is 76.6 Å². The molecule has 5 nitrogen and oxygen atoms in total. The van der Waals surface area contributed by atoms with E-state index in [1.54, 1.807) is 26.0 Å². The zero-order valence-corrected chi connectivity index (χ0v) is 15.6. The van der Waals surface area contributed by atoms with Crippen LogP contribution in [0.4, 0.5) is 0 Å².